The Kier molecular flexibility index (Phi) is 6.56. The van der Waals surface area contributed by atoms with E-state index in [4.69, 9.17) is 5.73 Å². The van der Waals surface area contributed by atoms with Crippen molar-refractivity contribution in [1.82, 2.24) is 14.7 Å². The van der Waals surface area contributed by atoms with Crippen molar-refractivity contribution >= 4 is 41.7 Å². The van der Waals surface area contributed by atoms with Crippen LogP contribution in [0.25, 0.3) is 5.69 Å². The van der Waals surface area contributed by atoms with Gasteiger partial charge in [-0.2, -0.15) is 16.9 Å². The third-order valence-corrected chi connectivity index (χ3v) is 4.36. The van der Waals surface area contributed by atoms with Gasteiger partial charge in [-0.25, -0.2) is 9.67 Å². The molecule has 0 bridgehead atoms. The SMILES string of the molecule is I.NC(=NCc1cnn(-c2ccccc2)c1)N1CCSCC1. The van der Waals surface area contributed by atoms with E-state index in [0.717, 1.165) is 35.8 Å². The molecular formula is C15H20IN5S. The molecule has 5 nitrogen and oxygen atoms in total. The highest BCUT2D eigenvalue weighted by Gasteiger charge is 2.12. The Morgan fingerprint density at radius 2 is 1.95 bits per heavy atom. The molecule has 1 aliphatic rings. The molecule has 1 fully saturated rings. The van der Waals surface area contributed by atoms with Crippen molar-refractivity contribution in [2.45, 2.75) is 6.54 Å². The lowest BCUT2D eigenvalue weighted by molar-refractivity contribution is 0.455. The lowest BCUT2D eigenvalue weighted by Crippen LogP contribution is -2.42. The first-order chi connectivity index (χ1) is 10.3. The van der Waals surface area contributed by atoms with E-state index in [1.807, 2.05) is 59.2 Å². The number of nitrogens with two attached hydrogens (primary N) is 1. The second kappa shape index (κ2) is 8.42. The van der Waals surface area contributed by atoms with Crippen LogP contribution in [0.2, 0.25) is 0 Å². The predicted molar refractivity (Wildman–Crippen MR) is 103 cm³/mol. The molecule has 22 heavy (non-hydrogen) atoms. The fourth-order valence-corrected chi connectivity index (χ4v) is 3.13. The Morgan fingerprint density at radius 1 is 1.23 bits per heavy atom. The Morgan fingerprint density at radius 3 is 2.68 bits per heavy atom. The molecule has 2 N–H and O–H groups in total. The molecule has 0 atom stereocenters. The molecule has 1 aromatic heterocycles. The largest absolute Gasteiger partial charge is 0.370 e. The zero-order valence-electron chi connectivity index (χ0n) is 12.3. The summed E-state index contributed by atoms with van der Waals surface area (Å²) in [7, 11) is 0. The maximum Gasteiger partial charge on any atom is 0.191 e. The number of aromatic nitrogens is 2. The van der Waals surface area contributed by atoms with Crippen LogP contribution in [0.3, 0.4) is 0 Å². The molecule has 2 aromatic rings. The fraction of sp³-hybridized carbons (Fsp3) is 0.333. The summed E-state index contributed by atoms with van der Waals surface area (Å²) in [5.41, 5.74) is 8.17. The molecule has 1 aliphatic heterocycles. The summed E-state index contributed by atoms with van der Waals surface area (Å²) >= 11 is 1.97. The first kappa shape index (κ1) is 17.1. The normalized spacial score (nSPS) is 15.5. The zero-order valence-corrected chi connectivity index (χ0v) is 15.4. The Balaban J connectivity index is 0.00000176. The monoisotopic (exact) mass is 429 g/mol. The molecule has 0 saturated carbocycles. The maximum atomic E-state index is 6.05. The summed E-state index contributed by atoms with van der Waals surface area (Å²) in [5, 5.41) is 4.37. The topological polar surface area (TPSA) is 59.4 Å². The second-order valence-electron chi connectivity index (χ2n) is 4.90. The molecule has 0 radical (unpaired) electrons. The maximum absolute atomic E-state index is 6.05. The number of hydrogen-bond acceptors (Lipinski definition) is 3. The van der Waals surface area contributed by atoms with Crippen molar-refractivity contribution in [3.05, 3.63) is 48.3 Å². The van der Waals surface area contributed by atoms with Gasteiger partial charge in [-0.05, 0) is 12.1 Å². The third kappa shape index (κ3) is 4.39. The molecule has 7 heteroatoms. The van der Waals surface area contributed by atoms with E-state index >= 15 is 0 Å². The van der Waals surface area contributed by atoms with E-state index in [9.17, 15) is 0 Å². The van der Waals surface area contributed by atoms with Gasteiger partial charge >= 0.3 is 0 Å². The van der Waals surface area contributed by atoms with Crippen molar-refractivity contribution < 1.29 is 0 Å². The van der Waals surface area contributed by atoms with Gasteiger partial charge in [0, 0.05) is 36.4 Å². The summed E-state index contributed by atoms with van der Waals surface area (Å²) in [6.07, 6.45) is 3.84. The first-order valence-corrected chi connectivity index (χ1v) is 8.20. The van der Waals surface area contributed by atoms with Crippen LogP contribution in [0.4, 0.5) is 0 Å². The van der Waals surface area contributed by atoms with Gasteiger partial charge in [0.05, 0.1) is 18.4 Å². The smallest absolute Gasteiger partial charge is 0.191 e. The highest BCUT2D eigenvalue weighted by Crippen LogP contribution is 2.10. The quantitative estimate of drug-likeness (QED) is 0.463. The average Bonchev–Trinajstić information content (AvgIpc) is 3.03. The number of para-hydroxylation sites is 1. The van der Waals surface area contributed by atoms with Crippen LogP contribution in [0.1, 0.15) is 5.56 Å². The minimum atomic E-state index is 0. The van der Waals surface area contributed by atoms with Crippen LogP contribution in [-0.4, -0.2) is 45.2 Å². The Labute approximate surface area is 152 Å². The van der Waals surface area contributed by atoms with E-state index in [-0.39, 0.29) is 24.0 Å². The van der Waals surface area contributed by atoms with Crippen LogP contribution in [-0.2, 0) is 6.54 Å². The predicted octanol–water partition coefficient (Wildman–Crippen LogP) is 2.35. The molecule has 1 saturated heterocycles. The van der Waals surface area contributed by atoms with Gasteiger partial charge in [-0.1, -0.05) is 18.2 Å². The summed E-state index contributed by atoms with van der Waals surface area (Å²) < 4.78 is 1.86. The van der Waals surface area contributed by atoms with Gasteiger partial charge in [0.15, 0.2) is 5.96 Å². The van der Waals surface area contributed by atoms with Gasteiger partial charge in [-0.15, -0.1) is 24.0 Å². The minimum absolute atomic E-state index is 0. The number of thioether (sulfide) groups is 1. The number of aliphatic imine (C=N–C) groups is 1. The molecule has 3 rings (SSSR count). The minimum Gasteiger partial charge on any atom is -0.370 e. The number of guanidine groups is 1. The van der Waals surface area contributed by atoms with Crippen LogP contribution in [0, 0.1) is 0 Å². The first-order valence-electron chi connectivity index (χ1n) is 7.04. The van der Waals surface area contributed by atoms with E-state index in [0.29, 0.717) is 12.5 Å². The lowest BCUT2D eigenvalue weighted by Gasteiger charge is -2.27. The molecule has 0 amide bonds. The van der Waals surface area contributed by atoms with Crippen molar-refractivity contribution in [2.75, 3.05) is 24.6 Å². The molecule has 1 aromatic carbocycles. The second-order valence-corrected chi connectivity index (χ2v) is 6.13. The van der Waals surface area contributed by atoms with Gasteiger partial charge < -0.3 is 10.6 Å². The summed E-state index contributed by atoms with van der Waals surface area (Å²) in [4.78, 5) is 6.63. The number of hydrogen-bond donors (Lipinski definition) is 1. The summed E-state index contributed by atoms with van der Waals surface area (Å²) in [6.45, 7) is 2.55. The van der Waals surface area contributed by atoms with Gasteiger partial charge in [0.1, 0.15) is 0 Å². The van der Waals surface area contributed by atoms with Crippen molar-refractivity contribution in [3.63, 3.8) is 0 Å². The average molecular weight is 429 g/mol. The molecular weight excluding hydrogens is 409 g/mol. The number of benzene rings is 1. The van der Waals surface area contributed by atoms with Crippen molar-refractivity contribution in [1.29, 1.82) is 0 Å². The van der Waals surface area contributed by atoms with E-state index in [1.54, 1.807) is 0 Å². The molecule has 2 heterocycles. The summed E-state index contributed by atoms with van der Waals surface area (Å²) in [5.74, 6) is 2.90. The highest BCUT2D eigenvalue weighted by atomic mass is 127. The highest BCUT2D eigenvalue weighted by molar-refractivity contribution is 14.0. The van der Waals surface area contributed by atoms with Crippen LogP contribution in [0.15, 0.2) is 47.7 Å². The standard InChI is InChI=1S/C15H19N5S.HI/c16-15(19-6-8-21-9-7-19)17-10-13-11-18-20(12-13)14-4-2-1-3-5-14;/h1-5,11-12H,6-10H2,(H2,16,17);1H. The van der Waals surface area contributed by atoms with Gasteiger partial charge in [-0.3, -0.25) is 0 Å². The van der Waals surface area contributed by atoms with Crippen molar-refractivity contribution in [3.8, 4) is 5.69 Å². The zero-order chi connectivity index (χ0) is 14.5. The van der Waals surface area contributed by atoms with Gasteiger partial charge in [0.2, 0.25) is 0 Å². The third-order valence-electron chi connectivity index (χ3n) is 3.42. The lowest BCUT2D eigenvalue weighted by atomic mass is 10.3. The molecule has 0 unspecified atom stereocenters. The molecule has 0 aliphatic carbocycles. The van der Waals surface area contributed by atoms with Gasteiger partial charge in [0.25, 0.3) is 0 Å². The van der Waals surface area contributed by atoms with Crippen LogP contribution >= 0.6 is 35.7 Å². The van der Waals surface area contributed by atoms with E-state index < -0.39 is 0 Å². The number of nitrogens with zero attached hydrogens (tertiary/aromatic N) is 4. The molecule has 118 valence electrons. The van der Waals surface area contributed by atoms with Crippen LogP contribution < -0.4 is 5.73 Å². The number of rotatable bonds is 3. The van der Waals surface area contributed by atoms with E-state index in [2.05, 4.69) is 15.0 Å². The van der Waals surface area contributed by atoms with Crippen LogP contribution in [0.5, 0.6) is 0 Å². The molecule has 0 spiro atoms. The van der Waals surface area contributed by atoms with E-state index in [1.165, 1.54) is 0 Å². The Bertz CT molecular complexity index is 607. The summed E-state index contributed by atoms with van der Waals surface area (Å²) in [6, 6.07) is 10.1. The fourth-order valence-electron chi connectivity index (χ4n) is 2.23. The Hall–Kier alpha value is -1.22. The number of halogens is 1. The van der Waals surface area contributed by atoms with Crippen molar-refractivity contribution in [2.24, 2.45) is 10.7 Å².